The number of allylic oxidation sites excluding steroid dienone is 2. The van der Waals surface area contributed by atoms with Crippen LogP contribution in [0.4, 0.5) is 0 Å². The van der Waals surface area contributed by atoms with Crippen LogP contribution < -0.4 is 4.74 Å². The number of carboxylic acid groups (broad SMARTS) is 1. The summed E-state index contributed by atoms with van der Waals surface area (Å²) in [6, 6.07) is 6.20. The minimum Gasteiger partial charge on any atom is -0.507 e. The van der Waals surface area contributed by atoms with E-state index < -0.39 is 5.97 Å². The van der Waals surface area contributed by atoms with Gasteiger partial charge in [0, 0.05) is 35.2 Å². The normalized spacial score (nSPS) is 19.8. The molecule has 0 unspecified atom stereocenters. The number of thiophene rings is 1. The Hall–Kier alpha value is -2.86. The lowest BCUT2D eigenvalue weighted by Gasteiger charge is -2.19. The fourth-order valence-corrected chi connectivity index (χ4v) is 4.72. The van der Waals surface area contributed by atoms with Crippen molar-refractivity contribution in [2.45, 2.75) is 39.2 Å². The lowest BCUT2D eigenvalue weighted by molar-refractivity contribution is -0.132. The van der Waals surface area contributed by atoms with Crippen LogP contribution in [0.5, 0.6) is 5.75 Å². The molecular formula is C23H23NO4S. The minimum atomic E-state index is -1.19. The van der Waals surface area contributed by atoms with Gasteiger partial charge in [-0.2, -0.15) is 0 Å². The Morgan fingerprint density at radius 3 is 2.76 bits per heavy atom. The highest BCUT2D eigenvalue weighted by Crippen LogP contribution is 2.47. The molecule has 0 bridgehead atoms. The van der Waals surface area contributed by atoms with Crippen molar-refractivity contribution in [1.82, 2.24) is 0 Å². The second kappa shape index (κ2) is 7.19. The summed E-state index contributed by atoms with van der Waals surface area (Å²) in [6.07, 6.45) is 4.23. The topological polar surface area (TPSA) is 79.1 Å². The van der Waals surface area contributed by atoms with E-state index in [0.717, 1.165) is 39.3 Å². The number of benzene rings is 1. The number of aliphatic hydroxyl groups excluding tert-OH is 1. The molecule has 6 heteroatoms. The first-order chi connectivity index (χ1) is 13.8. The molecule has 2 N–H and O–H groups in total. The molecule has 0 atom stereocenters. The molecule has 1 aromatic heterocycles. The average molecular weight is 410 g/mol. The van der Waals surface area contributed by atoms with Gasteiger partial charge in [-0.15, -0.1) is 11.3 Å². The van der Waals surface area contributed by atoms with Gasteiger partial charge >= 0.3 is 5.97 Å². The van der Waals surface area contributed by atoms with E-state index in [9.17, 15) is 15.0 Å². The fraction of sp³-hybridized carbons (Fsp3) is 0.304. The molecule has 3 heterocycles. The van der Waals surface area contributed by atoms with Crippen LogP contribution in [0.3, 0.4) is 0 Å². The van der Waals surface area contributed by atoms with Gasteiger partial charge in [0.2, 0.25) is 0 Å². The summed E-state index contributed by atoms with van der Waals surface area (Å²) < 4.78 is 6.36. The Labute approximate surface area is 173 Å². The first-order valence-electron chi connectivity index (χ1n) is 9.53. The first-order valence-corrected chi connectivity index (χ1v) is 10.4. The van der Waals surface area contributed by atoms with Crippen molar-refractivity contribution in [3.63, 3.8) is 0 Å². The maximum absolute atomic E-state index is 11.5. The average Bonchev–Trinajstić information content (AvgIpc) is 3.27. The molecule has 2 aliphatic rings. The molecule has 0 aliphatic carbocycles. The monoisotopic (exact) mass is 409 g/mol. The van der Waals surface area contributed by atoms with Crippen LogP contribution in [0.15, 0.2) is 46.0 Å². The van der Waals surface area contributed by atoms with Crippen LogP contribution in [-0.4, -0.2) is 34.5 Å². The van der Waals surface area contributed by atoms with Gasteiger partial charge in [0.05, 0.1) is 0 Å². The third-order valence-corrected chi connectivity index (χ3v) is 6.16. The van der Waals surface area contributed by atoms with E-state index in [1.165, 1.54) is 17.9 Å². The molecule has 0 fully saturated rings. The molecule has 0 saturated carbocycles. The highest BCUT2D eigenvalue weighted by Gasteiger charge is 2.35. The van der Waals surface area contributed by atoms with E-state index in [-0.39, 0.29) is 16.9 Å². The highest BCUT2D eigenvalue weighted by molar-refractivity contribution is 7.13. The zero-order chi connectivity index (χ0) is 20.8. The number of fused-ring (bicyclic) bond motifs is 3. The Bertz CT molecular complexity index is 1070. The quantitative estimate of drug-likeness (QED) is 0.727. The lowest BCUT2D eigenvalue weighted by atomic mass is 9.87. The van der Waals surface area contributed by atoms with E-state index >= 15 is 0 Å². The maximum atomic E-state index is 11.5. The van der Waals surface area contributed by atoms with E-state index in [1.807, 2.05) is 18.4 Å². The zero-order valence-corrected chi connectivity index (χ0v) is 17.5. The van der Waals surface area contributed by atoms with Crippen LogP contribution in [0, 0.1) is 0 Å². The summed E-state index contributed by atoms with van der Waals surface area (Å²) in [4.78, 5) is 16.8. The molecule has 2 aliphatic heterocycles. The Morgan fingerprint density at radius 1 is 1.28 bits per heavy atom. The van der Waals surface area contributed by atoms with Crippen LogP contribution in [0.25, 0.3) is 16.0 Å². The summed E-state index contributed by atoms with van der Waals surface area (Å²) in [5, 5.41) is 21.8. The summed E-state index contributed by atoms with van der Waals surface area (Å²) in [5.41, 5.74) is 4.70. The van der Waals surface area contributed by atoms with Crippen molar-refractivity contribution in [2.75, 3.05) is 6.54 Å². The van der Waals surface area contributed by atoms with Gasteiger partial charge in [0.25, 0.3) is 0 Å². The number of carboxylic acids is 1. The summed E-state index contributed by atoms with van der Waals surface area (Å²) >= 11 is 1.66. The van der Waals surface area contributed by atoms with Gasteiger partial charge in [-0.3, -0.25) is 4.99 Å². The molecule has 1 aromatic carbocycles. The number of hydrogen-bond acceptors (Lipinski definition) is 5. The minimum absolute atomic E-state index is 0.197. The standard InChI is InChI=1S/C23H23NO4S/c1-13-9-19(25)18(22(26)27)12-24-7-6-14-15(13)10-16(20-5-4-8-29-20)21-17(14)11-23(2,3)28-21/h4-5,8-10,12,25H,6-7,11H2,1-3H3,(H,26,27)/b13-9+,19-18?,24-12?. The molecule has 0 amide bonds. The largest absolute Gasteiger partial charge is 0.507 e. The van der Waals surface area contributed by atoms with Crippen LogP contribution in [0.2, 0.25) is 0 Å². The molecule has 29 heavy (non-hydrogen) atoms. The molecule has 0 radical (unpaired) electrons. The van der Waals surface area contributed by atoms with Crippen LogP contribution in [-0.2, 0) is 17.6 Å². The smallest absolute Gasteiger partial charge is 0.341 e. The van der Waals surface area contributed by atoms with E-state index in [2.05, 4.69) is 31.0 Å². The number of aliphatic hydroxyl groups is 1. The number of hydrogen-bond donors (Lipinski definition) is 2. The van der Waals surface area contributed by atoms with E-state index in [0.29, 0.717) is 13.0 Å². The number of ether oxygens (including phenoxy) is 1. The summed E-state index contributed by atoms with van der Waals surface area (Å²) in [6.45, 7) is 6.52. The van der Waals surface area contributed by atoms with Crippen molar-refractivity contribution in [3.8, 4) is 16.2 Å². The van der Waals surface area contributed by atoms with Gasteiger partial charge in [-0.05, 0) is 67.5 Å². The number of aliphatic imine (C=N–C) groups is 1. The second-order valence-electron chi connectivity index (χ2n) is 7.99. The predicted molar refractivity (Wildman–Crippen MR) is 116 cm³/mol. The van der Waals surface area contributed by atoms with Gasteiger partial charge in [-0.1, -0.05) is 6.07 Å². The Morgan fingerprint density at radius 2 is 2.07 bits per heavy atom. The molecule has 4 rings (SSSR count). The molecule has 0 saturated heterocycles. The van der Waals surface area contributed by atoms with Crippen molar-refractivity contribution in [1.29, 1.82) is 0 Å². The first kappa shape index (κ1) is 19.5. The van der Waals surface area contributed by atoms with Gasteiger partial charge in [-0.25, -0.2) is 4.79 Å². The van der Waals surface area contributed by atoms with Crippen molar-refractivity contribution < 1.29 is 19.7 Å². The van der Waals surface area contributed by atoms with Crippen LogP contribution >= 0.6 is 11.3 Å². The van der Waals surface area contributed by atoms with Crippen LogP contribution in [0.1, 0.15) is 37.5 Å². The summed E-state index contributed by atoms with van der Waals surface area (Å²) in [7, 11) is 0. The third kappa shape index (κ3) is 3.60. The Balaban J connectivity index is 1.98. The van der Waals surface area contributed by atoms with Crippen molar-refractivity contribution in [2.24, 2.45) is 4.99 Å². The van der Waals surface area contributed by atoms with Crippen molar-refractivity contribution >= 4 is 29.1 Å². The van der Waals surface area contributed by atoms with Gasteiger partial charge in [0.15, 0.2) is 0 Å². The fourth-order valence-electron chi connectivity index (χ4n) is 3.98. The number of carbonyl (C=O) groups is 1. The number of aliphatic carboxylic acids is 1. The molecule has 5 nitrogen and oxygen atoms in total. The lowest BCUT2D eigenvalue weighted by Crippen LogP contribution is -2.25. The maximum Gasteiger partial charge on any atom is 0.341 e. The van der Waals surface area contributed by atoms with Crippen molar-refractivity contribution in [3.05, 3.63) is 57.7 Å². The zero-order valence-electron chi connectivity index (χ0n) is 16.7. The summed E-state index contributed by atoms with van der Waals surface area (Å²) in [5.74, 6) is -0.558. The van der Waals surface area contributed by atoms with E-state index in [4.69, 9.17) is 4.74 Å². The highest BCUT2D eigenvalue weighted by atomic mass is 32.1. The molecule has 0 spiro atoms. The third-order valence-electron chi connectivity index (χ3n) is 5.26. The molecule has 150 valence electrons. The van der Waals surface area contributed by atoms with Gasteiger partial charge < -0.3 is 14.9 Å². The predicted octanol–water partition coefficient (Wildman–Crippen LogP) is 5.06. The number of nitrogens with zero attached hydrogens (tertiary/aromatic N) is 1. The second-order valence-corrected chi connectivity index (χ2v) is 8.94. The van der Waals surface area contributed by atoms with Gasteiger partial charge in [0.1, 0.15) is 22.7 Å². The Kier molecular flexibility index (Phi) is 4.82. The number of rotatable bonds is 2. The molecular weight excluding hydrogens is 386 g/mol. The SMILES string of the molecule is C/C1=C\C(O)=C(C(=O)O)C=NCCc2c1cc(-c1cccs1)c1c2CC(C)(C)O1. The molecule has 2 aromatic rings. The van der Waals surface area contributed by atoms with E-state index in [1.54, 1.807) is 11.3 Å².